The van der Waals surface area contributed by atoms with E-state index in [9.17, 15) is 9.90 Å². The maximum absolute atomic E-state index is 11.2. The largest absolute Gasteiger partial charge is 0.481 e. The third-order valence-corrected chi connectivity index (χ3v) is 3.29. The van der Waals surface area contributed by atoms with E-state index in [-0.39, 0.29) is 11.8 Å². The first-order valence-electron chi connectivity index (χ1n) is 5.56. The molecule has 0 amide bonds. The number of carboxylic acid groups (broad SMARTS) is 1. The molecule has 2 unspecified atom stereocenters. The highest BCUT2D eigenvalue weighted by molar-refractivity contribution is 5.72. The molecule has 0 spiro atoms. The Morgan fingerprint density at radius 3 is 2.81 bits per heavy atom. The van der Waals surface area contributed by atoms with Gasteiger partial charge in [-0.25, -0.2) is 0 Å². The first kappa shape index (κ1) is 11.1. The summed E-state index contributed by atoms with van der Waals surface area (Å²) < 4.78 is 0. The second-order valence-electron chi connectivity index (χ2n) is 4.69. The first-order valence-corrected chi connectivity index (χ1v) is 5.56. The summed E-state index contributed by atoms with van der Waals surface area (Å²) in [6.45, 7) is 3.52. The molecule has 0 bridgehead atoms. The van der Waals surface area contributed by atoms with Gasteiger partial charge in [0.25, 0.3) is 0 Å². The van der Waals surface area contributed by atoms with Gasteiger partial charge in [-0.15, -0.1) is 0 Å². The quantitative estimate of drug-likeness (QED) is 0.823. The summed E-state index contributed by atoms with van der Waals surface area (Å²) in [4.78, 5) is 13.3. The van der Waals surface area contributed by atoms with Crippen molar-refractivity contribution in [2.24, 2.45) is 5.92 Å². The van der Waals surface area contributed by atoms with E-state index in [1.165, 1.54) is 5.56 Å². The van der Waals surface area contributed by atoms with Gasteiger partial charge < -0.3 is 10.0 Å². The lowest BCUT2D eigenvalue weighted by Crippen LogP contribution is -2.21. The van der Waals surface area contributed by atoms with Crippen LogP contribution >= 0.6 is 0 Å². The van der Waals surface area contributed by atoms with Crippen LogP contribution in [0.3, 0.4) is 0 Å². The molecule has 0 radical (unpaired) electrons. The van der Waals surface area contributed by atoms with E-state index in [0.29, 0.717) is 6.54 Å². The van der Waals surface area contributed by atoms with E-state index in [4.69, 9.17) is 0 Å². The van der Waals surface area contributed by atoms with Crippen molar-refractivity contribution in [1.82, 2.24) is 4.90 Å². The number of hydrogen-bond acceptors (Lipinski definition) is 2. The Morgan fingerprint density at radius 1 is 1.44 bits per heavy atom. The first-order chi connectivity index (χ1) is 7.58. The van der Waals surface area contributed by atoms with Gasteiger partial charge in [0, 0.05) is 19.0 Å². The van der Waals surface area contributed by atoms with E-state index in [1.807, 2.05) is 32.2 Å². The van der Waals surface area contributed by atoms with Crippen LogP contribution in [0.15, 0.2) is 24.3 Å². The van der Waals surface area contributed by atoms with Gasteiger partial charge in [-0.05, 0) is 19.5 Å². The van der Waals surface area contributed by atoms with Gasteiger partial charge in [-0.1, -0.05) is 29.8 Å². The third kappa shape index (κ3) is 2.09. The lowest BCUT2D eigenvalue weighted by molar-refractivity contribution is -0.141. The Morgan fingerprint density at radius 2 is 2.19 bits per heavy atom. The van der Waals surface area contributed by atoms with Crippen molar-refractivity contribution in [2.45, 2.75) is 12.8 Å². The molecule has 0 aromatic heterocycles. The van der Waals surface area contributed by atoms with Gasteiger partial charge in [0.15, 0.2) is 0 Å². The van der Waals surface area contributed by atoms with Crippen LogP contribution in [-0.4, -0.2) is 36.1 Å². The zero-order valence-electron chi connectivity index (χ0n) is 9.68. The molecule has 1 aliphatic rings. The molecule has 1 aromatic rings. The molecular weight excluding hydrogens is 202 g/mol. The third-order valence-electron chi connectivity index (χ3n) is 3.29. The Bertz CT molecular complexity index is 403. The fraction of sp³-hybridized carbons (Fsp3) is 0.462. The molecule has 1 aromatic carbocycles. The number of carbonyl (C=O) groups is 1. The number of nitrogens with zero attached hydrogens (tertiary/aromatic N) is 1. The lowest BCUT2D eigenvalue weighted by atomic mass is 9.88. The van der Waals surface area contributed by atoms with Gasteiger partial charge in [-0.2, -0.15) is 0 Å². The predicted molar refractivity (Wildman–Crippen MR) is 62.5 cm³/mol. The summed E-state index contributed by atoms with van der Waals surface area (Å²) in [5.41, 5.74) is 2.34. The summed E-state index contributed by atoms with van der Waals surface area (Å²) in [7, 11) is 1.98. The molecule has 1 N–H and O–H groups in total. The number of benzene rings is 1. The van der Waals surface area contributed by atoms with Crippen LogP contribution in [0.25, 0.3) is 0 Å². The van der Waals surface area contributed by atoms with E-state index in [1.54, 1.807) is 0 Å². The number of aliphatic carboxylic acids is 1. The van der Waals surface area contributed by atoms with Crippen LogP contribution in [0.4, 0.5) is 0 Å². The van der Waals surface area contributed by atoms with Gasteiger partial charge in [0.1, 0.15) is 0 Å². The summed E-state index contributed by atoms with van der Waals surface area (Å²) in [6, 6.07) is 8.17. The zero-order chi connectivity index (χ0) is 11.7. The standard InChI is InChI=1S/C13H17NO2/c1-9-4-3-5-10(6-9)11-7-14(2)8-12(11)13(15)16/h3-6,11-12H,7-8H2,1-2H3,(H,15,16). The Labute approximate surface area is 95.7 Å². The normalized spacial score (nSPS) is 25.9. The Balaban J connectivity index is 2.28. The molecule has 2 atom stereocenters. The van der Waals surface area contributed by atoms with E-state index >= 15 is 0 Å². The highest BCUT2D eigenvalue weighted by atomic mass is 16.4. The van der Waals surface area contributed by atoms with Crippen molar-refractivity contribution in [3.63, 3.8) is 0 Å². The van der Waals surface area contributed by atoms with Gasteiger partial charge >= 0.3 is 5.97 Å². The van der Waals surface area contributed by atoms with Crippen molar-refractivity contribution in [1.29, 1.82) is 0 Å². The van der Waals surface area contributed by atoms with Crippen molar-refractivity contribution in [3.05, 3.63) is 35.4 Å². The Kier molecular flexibility index (Phi) is 2.97. The molecule has 0 saturated carbocycles. The average Bonchev–Trinajstić information content (AvgIpc) is 2.60. The van der Waals surface area contributed by atoms with Crippen LogP contribution in [0.2, 0.25) is 0 Å². The van der Waals surface area contributed by atoms with Crippen LogP contribution in [-0.2, 0) is 4.79 Å². The minimum absolute atomic E-state index is 0.127. The van der Waals surface area contributed by atoms with Crippen molar-refractivity contribution < 1.29 is 9.90 Å². The maximum Gasteiger partial charge on any atom is 0.308 e. The monoisotopic (exact) mass is 219 g/mol. The van der Waals surface area contributed by atoms with Crippen LogP contribution in [0.1, 0.15) is 17.0 Å². The van der Waals surface area contributed by atoms with Gasteiger partial charge in [0.2, 0.25) is 0 Å². The molecule has 1 fully saturated rings. The van der Waals surface area contributed by atoms with Gasteiger partial charge in [0.05, 0.1) is 5.92 Å². The van der Waals surface area contributed by atoms with Gasteiger partial charge in [-0.3, -0.25) is 4.79 Å². The summed E-state index contributed by atoms with van der Waals surface area (Å²) in [6.07, 6.45) is 0. The number of rotatable bonds is 2. The molecule has 3 nitrogen and oxygen atoms in total. The fourth-order valence-electron chi connectivity index (χ4n) is 2.49. The second kappa shape index (κ2) is 4.26. The predicted octanol–water partition coefficient (Wildman–Crippen LogP) is 1.72. The summed E-state index contributed by atoms with van der Waals surface area (Å²) >= 11 is 0. The molecule has 86 valence electrons. The molecule has 16 heavy (non-hydrogen) atoms. The van der Waals surface area contributed by atoms with E-state index in [0.717, 1.165) is 12.1 Å². The number of likely N-dealkylation sites (N-methyl/N-ethyl adjacent to an activating group) is 1. The molecular formula is C13H17NO2. The number of carboxylic acids is 1. The minimum atomic E-state index is -0.684. The highest BCUT2D eigenvalue weighted by Gasteiger charge is 2.36. The number of hydrogen-bond donors (Lipinski definition) is 1. The topological polar surface area (TPSA) is 40.5 Å². The highest BCUT2D eigenvalue weighted by Crippen LogP contribution is 2.32. The zero-order valence-corrected chi connectivity index (χ0v) is 9.68. The smallest absolute Gasteiger partial charge is 0.308 e. The average molecular weight is 219 g/mol. The Hall–Kier alpha value is -1.35. The molecule has 3 heteroatoms. The maximum atomic E-state index is 11.2. The summed E-state index contributed by atoms with van der Waals surface area (Å²) in [5.74, 6) is -0.829. The summed E-state index contributed by atoms with van der Waals surface area (Å²) in [5, 5.41) is 9.21. The second-order valence-corrected chi connectivity index (χ2v) is 4.69. The fourth-order valence-corrected chi connectivity index (χ4v) is 2.49. The van der Waals surface area contributed by atoms with Crippen molar-refractivity contribution in [3.8, 4) is 0 Å². The molecule has 1 saturated heterocycles. The van der Waals surface area contributed by atoms with Crippen LogP contribution < -0.4 is 0 Å². The van der Waals surface area contributed by atoms with Crippen molar-refractivity contribution in [2.75, 3.05) is 20.1 Å². The molecule has 1 aliphatic heterocycles. The molecule has 0 aliphatic carbocycles. The van der Waals surface area contributed by atoms with E-state index in [2.05, 4.69) is 11.0 Å². The van der Waals surface area contributed by atoms with E-state index < -0.39 is 5.97 Å². The number of aryl methyl sites for hydroxylation is 1. The molecule has 2 rings (SSSR count). The molecule has 1 heterocycles. The van der Waals surface area contributed by atoms with Crippen LogP contribution in [0, 0.1) is 12.8 Å². The van der Waals surface area contributed by atoms with Crippen LogP contribution in [0.5, 0.6) is 0 Å². The SMILES string of the molecule is Cc1cccc(C2CN(C)CC2C(=O)O)c1. The minimum Gasteiger partial charge on any atom is -0.481 e. The number of likely N-dealkylation sites (tertiary alicyclic amines) is 1. The lowest BCUT2D eigenvalue weighted by Gasteiger charge is -2.15. The van der Waals surface area contributed by atoms with Crippen molar-refractivity contribution >= 4 is 5.97 Å².